The van der Waals surface area contributed by atoms with E-state index in [-0.39, 0.29) is 23.3 Å². The molecule has 0 N–H and O–H groups in total. The zero-order chi connectivity index (χ0) is 13.1. The number of aromatic nitrogens is 1. The van der Waals surface area contributed by atoms with Gasteiger partial charge in [0.15, 0.2) is 0 Å². The lowest BCUT2D eigenvalue weighted by Gasteiger charge is -2.14. The zero-order valence-corrected chi connectivity index (χ0v) is 10.2. The van der Waals surface area contributed by atoms with E-state index in [1.807, 2.05) is 0 Å². The standard InChI is InChI=1S/C13H15FN2O2/c1-2-3-9-6-12(17)16(8-9)13(18)10-4-5-11(14)15-7-10/h4-5,7,9H,2-3,6,8H2,1H3. The van der Waals surface area contributed by atoms with Crippen molar-refractivity contribution < 1.29 is 14.0 Å². The minimum absolute atomic E-state index is 0.150. The van der Waals surface area contributed by atoms with Gasteiger partial charge in [-0.15, -0.1) is 0 Å². The van der Waals surface area contributed by atoms with Crippen molar-refractivity contribution in [3.63, 3.8) is 0 Å². The highest BCUT2D eigenvalue weighted by Gasteiger charge is 2.33. The second-order valence-electron chi connectivity index (χ2n) is 4.54. The van der Waals surface area contributed by atoms with Gasteiger partial charge in [-0.3, -0.25) is 14.5 Å². The maximum Gasteiger partial charge on any atom is 0.262 e. The summed E-state index contributed by atoms with van der Waals surface area (Å²) in [6, 6.07) is 2.47. The molecule has 2 rings (SSSR count). The van der Waals surface area contributed by atoms with Gasteiger partial charge in [0.2, 0.25) is 11.9 Å². The molecular formula is C13H15FN2O2. The maximum absolute atomic E-state index is 12.7. The van der Waals surface area contributed by atoms with Crippen LogP contribution in [0.15, 0.2) is 18.3 Å². The van der Waals surface area contributed by atoms with Crippen LogP contribution < -0.4 is 0 Å². The average Bonchev–Trinajstić information content (AvgIpc) is 2.71. The van der Waals surface area contributed by atoms with E-state index < -0.39 is 5.95 Å². The van der Waals surface area contributed by atoms with Crippen molar-refractivity contribution in [2.75, 3.05) is 6.54 Å². The van der Waals surface area contributed by atoms with E-state index in [0.29, 0.717) is 13.0 Å². The Morgan fingerprint density at radius 2 is 2.33 bits per heavy atom. The quantitative estimate of drug-likeness (QED) is 0.609. The van der Waals surface area contributed by atoms with Crippen molar-refractivity contribution in [1.29, 1.82) is 0 Å². The summed E-state index contributed by atoms with van der Waals surface area (Å²) < 4.78 is 12.7. The first-order valence-electron chi connectivity index (χ1n) is 6.08. The van der Waals surface area contributed by atoms with E-state index in [0.717, 1.165) is 25.1 Å². The first kappa shape index (κ1) is 12.7. The SMILES string of the molecule is CCCC1CC(=O)N(C(=O)c2ccc(F)nc2)C1. The normalized spacial score (nSPS) is 19.3. The van der Waals surface area contributed by atoms with Crippen LogP contribution in [0.25, 0.3) is 0 Å². The molecule has 1 atom stereocenters. The number of carbonyl (C=O) groups is 2. The zero-order valence-electron chi connectivity index (χ0n) is 10.2. The predicted octanol–water partition coefficient (Wildman–Crippen LogP) is 2.01. The van der Waals surface area contributed by atoms with Crippen LogP contribution >= 0.6 is 0 Å². The number of likely N-dealkylation sites (tertiary alicyclic amines) is 1. The Morgan fingerprint density at radius 1 is 1.56 bits per heavy atom. The van der Waals surface area contributed by atoms with Gasteiger partial charge >= 0.3 is 0 Å². The number of rotatable bonds is 3. The van der Waals surface area contributed by atoms with Crippen molar-refractivity contribution in [3.8, 4) is 0 Å². The number of pyridine rings is 1. The molecule has 0 radical (unpaired) electrons. The third kappa shape index (κ3) is 2.55. The number of amides is 2. The van der Waals surface area contributed by atoms with Gasteiger partial charge < -0.3 is 0 Å². The summed E-state index contributed by atoms with van der Waals surface area (Å²) in [5.74, 6) is -0.920. The van der Waals surface area contributed by atoms with E-state index in [1.165, 1.54) is 11.0 Å². The molecule has 0 aromatic carbocycles. The fourth-order valence-electron chi connectivity index (χ4n) is 2.24. The van der Waals surface area contributed by atoms with Crippen LogP contribution in [-0.2, 0) is 4.79 Å². The third-order valence-electron chi connectivity index (χ3n) is 3.12. The molecule has 1 aliphatic rings. The summed E-state index contributed by atoms with van der Waals surface area (Å²) in [7, 11) is 0. The first-order valence-corrected chi connectivity index (χ1v) is 6.08. The Bertz CT molecular complexity index is 459. The number of imide groups is 1. The van der Waals surface area contributed by atoms with Crippen molar-refractivity contribution in [1.82, 2.24) is 9.88 Å². The summed E-state index contributed by atoms with van der Waals surface area (Å²) in [6.45, 7) is 2.52. The Kier molecular flexibility index (Phi) is 3.69. The molecule has 0 spiro atoms. The lowest BCUT2D eigenvalue weighted by molar-refractivity contribution is -0.125. The predicted molar refractivity (Wildman–Crippen MR) is 63.3 cm³/mol. The van der Waals surface area contributed by atoms with Gasteiger partial charge in [-0.05, 0) is 24.5 Å². The van der Waals surface area contributed by atoms with E-state index in [2.05, 4.69) is 11.9 Å². The van der Waals surface area contributed by atoms with Crippen molar-refractivity contribution in [2.45, 2.75) is 26.2 Å². The van der Waals surface area contributed by atoms with Gasteiger partial charge in [-0.25, -0.2) is 4.98 Å². The molecule has 2 heterocycles. The lowest BCUT2D eigenvalue weighted by atomic mass is 10.0. The molecule has 1 unspecified atom stereocenters. The highest BCUT2D eigenvalue weighted by atomic mass is 19.1. The van der Waals surface area contributed by atoms with Gasteiger partial charge in [-0.2, -0.15) is 4.39 Å². The topological polar surface area (TPSA) is 50.3 Å². The van der Waals surface area contributed by atoms with Gasteiger partial charge in [0, 0.05) is 19.2 Å². The highest BCUT2D eigenvalue weighted by molar-refractivity contribution is 6.05. The van der Waals surface area contributed by atoms with Crippen LogP contribution in [0.4, 0.5) is 4.39 Å². The molecule has 4 nitrogen and oxygen atoms in total. The Labute approximate surface area is 105 Å². The Morgan fingerprint density at radius 3 is 2.94 bits per heavy atom. The third-order valence-corrected chi connectivity index (χ3v) is 3.12. The molecule has 0 bridgehead atoms. The number of hydrogen-bond donors (Lipinski definition) is 0. The second-order valence-corrected chi connectivity index (χ2v) is 4.54. The fourth-order valence-corrected chi connectivity index (χ4v) is 2.24. The Hall–Kier alpha value is -1.78. The molecule has 5 heteroatoms. The van der Waals surface area contributed by atoms with E-state index in [4.69, 9.17) is 0 Å². The summed E-state index contributed by atoms with van der Waals surface area (Å²) >= 11 is 0. The van der Waals surface area contributed by atoms with Crippen molar-refractivity contribution >= 4 is 11.8 Å². The van der Waals surface area contributed by atoms with Crippen LogP contribution in [0.3, 0.4) is 0 Å². The Balaban J connectivity index is 2.10. The van der Waals surface area contributed by atoms with Crippen LogP contribution in [0.1, 0.15) is 36.5 Å². The van der Waals surface area contributed by atoms with Crippen molar-refractivity contribution in [2.24, 2.45) is 5.92 Å². The summed E-state index contributed by atoms with van der Waals surface area (Å²) in [6.07, 6.45) is 3.53. The molecule has 1 aromatic heterocycles. The molecule has 0 aliphatic carbocycles. The maximum atomic E-state index is 12.7. The molecular weight excluding hydrogens is 235 g/mol. The molecule has 1 fully saturated rings. The van der Waals surface area contributed by atoms with Crippen molar-refractivity contribution in [3.05, 3.63) is 29.8 Å². The van der Waals surface area contributed by atoms with E-state index in [1.54, 1.807) is 0 Å². The second kappa shape index (κ2) is 5.25. The molecule has 18 heavy (non-hydrogen) atoms. The lowest BCUT2D eigenvalue weighted by Crippen LogP contribution is -2.32. The van der Waals surface area contributed by atoms with Crippen LogP contribution in [0.2, 0.25) is 0 Å². The van der Waals surface area contributed by atoms with E-state index in [9.17, 15) is 14.0 Å². The van der Waals surface area contributed by atoms with Crippen LogP contribution in [0, 0.1) is 11.9 Å². The molecule has 96 valence electrons. The van der Waals surface area contributed by atoms with Gasteiger partial charge in [0.05, 0.1) is 5.56 Å². The van der Waals surface area contributed by atoms with Gasteiger partial charge in [-0.1, -0.05) is 13.3 Å². The average molecular weight is 250 g/mol. The highest BCUT2D eigenvalue weighted by Crippen LogP contribution is 2.23. The molecule has 1 aromatic rings. The summed E-state index contributed by atoms with van der Waals surface area (Å²) in [4.78, 5) is 28.5. The number of halogens is 1. The first-order chi connectivity index (χ1) is 8.61. The minimum Gasteiger partial charge on any atom is -0.278 e. The molecule has 0 saturated carbocycles. The van der Waals surface area contributed by atoms with E-state index >= 15 is 0 Å². The van der Waals surface area contributed by atoms with Crippen LogP contribution in [-0.4, -0.2) is 28.2 Å². The number of hydrogen-bond acceptors (Lipinski definition) is 3. The van der Waals surface area contributed by atoms with Gasteiger partial charge in [0.1, 0.15) is 0 Å². The number of carbonyl (C=O) groups excluding carboxylic acids is 2. The summed E-state index contributed by atoms with van der Waals surface area (Å²) in [5, 5.41) is 0. The number of nitrogens with zero attached hydrogens (tertiary/aromatic N) is 2. The summed E-state index contributed by atoms with van der Waals surface area (Å²) in [5.41, 5.74) is 0.252. The van der Waals surface area contributed by atoms with Crippen LogP contribution in [0.5, 0.6) is 0 Å². The molecule has 1 aliphatic heterocycles. The largest absolute Gasteiger partial charge is 0.278 e. The fraction of sp³-hybridized carbons (Fsp3) is 0.462. The minimum atomic E-state index is -0.636. The smallest absolute Gasteiger partial charge is 0.262 e. The molecule has 1 saturated heterocycles. The monoisotopic (exact) mass is 250 g/mol. The van der Waals surface area contributed by atoms with Gasteiger partial charge in [0.25, 0.3) is 5.91 Å². The molecule has 2 amide bonds.